The molecule has 0 saturated carbocycles. The zero-order valence-corrected chi connectivity index (χ0v) is 18.7. The number of hydrogen-bond donors (Lipinski definition) is 0. The Kier molecular flexibility index (Phi) is 5.27. The van der Waals surface area contributed by atoms with Crippen LogP contribution in [-0.4, -0.2) is 42.0 Å². The van der Waals surface area contributed by atoms with E-state index in [4.69, 9.17) is 4.98 Å². The Morgan fingerprint density at radius 1 is 0.867 bits per heavy atom. The number of rotatable bonds is 3. The minimum absolute atomic E-state index is 0.0995. The normalized spacial score (nSPS) is 14.3. The van der Waals surface area contributed by atoms with Crippen LogP contribution in [0.4, 0.5) is 5.13 Å². The maximum absolute atomic E-state index is 13.0. The van der Waals surface area contributed by atoms with Crippen LogP contribution in [0.15, 0.2) is 77.3 Å². The fourth-order valence-corrected chi connectivity index (χ4v) is 5.31. The van der Waals surface area contributed by atoms with Crippen LogP contribution in [0.25, 0.3) is 21.3 Å². The molecule has 1 aliphatic heterocycles. The van der Waals surface area contributed by atoms with Gasteiger partial charge in [-0.25, -0.2) is 4.98 Å². The number of carbonyl (C=O) groups excluding carboxylic acids is 1. The van der Waals surface area contributed by atoms with Crippen LogP contribution in [0.3, 0.4) is 0 Å². The van der Waals surface area contributed by atoms with Crippen LogP contribution < -0.4 is 4.90 Å². The molecule has 1 amide bonds. The molecule has 1 aromatic heterocycles. The van der Waals surface area contributed by atoms with E-state index in [1.54, 1.807) is 11.3 Å². The lowest BCUT2D eigenvalue weighted by molar-refractivity contribution is 0.0747. The number of thiazole rings is 1. The molecule has 4 aromatic rings. The summed E-state index contributed by atoms with van der Waals surface area (Å²) in [5, 5.41) is 1.03. The lowest BCUT2D eigenvalue weighted by Crippen LogP contribution is -2.48. The fraction of sp³-hybridized carbons (Fsp3) is 0.167. The van der Waals surface area contributed by atoms with Crippen molar-refractivity contribution in [3.8, 4) is 11.1 Å². The highest BCUT2D eigenvalue weighted by Gasteiger charge is 2.24. The van der Waals surface area contributed by atoms with Gasteiger partial charge in [0.15, 0.2) is 5.13 Å². The first-order valence-electron chi connectivity index (χ1n) is 9.93. The third kappa shape index (κ3) is 3.85. The zero-order chi connectivity index (χ0) is 20.5. The minimum Gasteiger partial charge on any atom is -0.345 e. The van der Waals surface area contributed by atoms with Gasteiger partial charge in [0, 0.05) is 36.2 Å². The third-order valence-electron chi connectivity index (χ3n) is 5.42. The van der Waals surface area contributed by atoms with Crippen LogP contribution in [0, 0.1) is 0 Å². The number of benzene rings is 3. The van der Waals surface area contributed by atoms with Crippen LogP contribution >= 0.6 is 27.3 Å². The number of halogens is 1. The number of aromatic nitrogens is 1. The van der Waals surface area contributed by atoms with Gasteiger partial charge in [-0.1, -0.05) is 69.7 Å². The van der Waals surface area contributed by atoms with Crippen molar-refractivity contribution in [2.75, 3.05) is 31.1 Å². The monoisotopic (exact) mass is 477 g/mol. The topological polar surface area (TPSA) is 36.4 Å². The van der Waals surface area contributed by atoms with Gasteiger partial charge in [-0.3, -0.25) is 4.79 Å². The summed E-state index contributed by atoms with van der Waals surface area (Å²) in [6, 6.07) is 24.3. The second-order valence-corrected chi connectivity index (χ2v) is 9.26. The van der Waals surface area contributed by atoms with Crippen molar-refractivity contribution in [3.63, 3.8) is 0 Å². The van der Waals surface area contributed by atoms with Crippen LogP contribution in [-0.2, 0) is 0 Å². The van der Waals surface area contributed by atoms with Gasteiger partial charge in [0.25, 0.3) is 5.91 Å². The van der Waals surface area contributed by atoms with Gasteiger partial charge in [0.05, 0.1) is 10.2 Å². The van der Waals surface area contributed by atoms with Gasteiger partial charge in [-0.15, -0.1) is 0 Å². The number of fused-ring (bicyclic) bond motifs is 1. The van der Waals surface area contributed by atoms with Gasteiger partial charge in [-0.05, 0) is 41.5 Å². The van der Waals surface area contributed by atoms with Crippen molar-refractivity contribution in [1.29, 1.82) is 0 Å². The standard InChI is InChI=1S/C24H20BrN3OS/c25-20-10-11-21-22(16-20)30-24(26-21)28-14-12-27(13-15-28)23(29)19-8-6-18(7-9-19)17-4-2-1-3-5-17/h1-11,16H,12-15H2. The molecule has 1 fully saturated rings. The fourth-order valence-electron chi connectivity index (χ4n) is 3.74. The van der Waals surface area contributed by atoms with Crippen molar-refractivity contribution in [2.24, 2.45) is 0 Å². The van der Waals surface area contributed by atoms with E-state index in [9.17, 15) is 4.79 Å². The molecule has 1 aliphatic rings. The molecule has 3 aromatic carbocycles. The highest BCUT2D eigenvalue weighted by atomic mass is 79.9. The SMILES string of the molecule is O=C(c1ccc(-c2ccccc2)cc1)N1CCN(c2nc3ccc(Br)cc3s2)CC1. The highest BCUT2D eigenvalue weighted by Crippen LogP contribution is 2.31. The smallest absolute Gasteiger partial charge is 0.253 e. The first-order chi connectivity index (χ1) is 14.7. The largest absolute Gasteiger partial charge is 0.345 e. The average molecular weight is 478 g/mol. The molecule has 30 heavy (non-hydrogen) atoms. The molecule has 4 nitrogen and oxygen atoms in total. The molecule has 0 bridgehead atoms. The molecule has 5 rings (SSSR count). The van der Waals surface area contributed by atoms with Gasteiger partial charge in [-0.2, -0.15) is 0 Å². The number of piperazine rings is 1. The predicted octanol–water partition coefficient (Wildman–Crippen LogP) is 5.69. The first kappa shape index (κ1) is 19.3. The van der Waals surface area contributed by atoms with E-state index in [0.717, 1.165) is 44.9 Å². The maximum Gasteiger partial charge on any atom is 0.253 e. The molecule has 6 heteroatoms. The molecule has 0 atom stereocenters. The number of nitrogens with zero attached hydrogens (tertiary/aromatic N) is 3. The lowest BCUT2D eigenvalue weighted by atomic mass is 10.0. The van der Waals surface area contributed by atoms with Gasteiger partial charge < -0.3 is 9.80 Å². The quantitative estimate of drug-likeness (QED) is 0.380. The summed E-state index contributed by atoms with van der Waals surface area (Å²) in [5.74, 6) is 0.0995. The summed E-state index contributed by atoms with van der Waals surface area (Å²) in [7, 11) is 0. The number of hydrogen-bond acceptors (Lipinski definition) is 4. The van der Waals surface area contributed by atoms with E-state index in [1.807, 2.05) is 59.5 Å². The molecule has 0 radical (unpaired) electrons. The van der Waals surface area contributed by atoms with E-state index >= 15 is 0 Å². The Balaban J connectivity index is 1.25. The summed E-state index contributed by atoms with van der Waals surface area (Å²) in [5.41, 5.74) is 4.05. The van der Waals surface area contributed by atoms with E-state index in [-0.39, 0.29) is 5.91 Å². The average Bonchev–Trinajstić information content (AvgIpc) is 3.23. The van der Waals surface area contributed by atoms with Crippen LogP contribution in [0.2, 0.25) is 0 Å². The van der Waals surface area contributed by atoms with E-state index in [2.05, 4.69) is 39.0 Å². The van der Waals surface area contributed by atoms with Gasteiger partial charge in [0.2, 0.25) is 0 Å². The van der Waals surface area contributed by atoms with Gasteiger partial charge in [0.1, 0.15) is 0 Å². The van der Waals surface area contributed by atoms with Crippen LogP contribution in [0.1, 0.15) is 10.4 Å². The molecule has 1 saturated heterocycles. The molecule has 0 aliphatic carbocycles. The maximum atomic E-state index is 13.0. The van der Waals surface area contributed by atoms with Crippen LogP contribution in [0.5, 0.6) is 0 Å². The lowest BCUT2D eigenvalue weighted by Gasteiger charge is -2.34. The zero-order valence-electron chi connectivity index (χ0n) is 16.3. The van der Waals surface area contributed by atoms with E-state index in [0.29, 0.717) is 13.1 Å². The van der Waals surface area contributed by atoms with E-state index in [1.165, 1.54) is 4.70 Å². The summed E-state index contributed by atoms with van der Waals surface area (Å²) < 4.78 is 2.25. The summed E-state index contributed by atoms with van der Waals surface area (Å²) in [6.07, 6.45) is 0. The Labute approximate surface area is 187 Å². The van der Waals surface area contributed by atoms with E-state index < -0.39 is 0 Å². The molecule has 0 spiro atoms. The van der Waals surface area contributed by atoms with Crippen molar-refractivity contribution >= 4 is 48.5 Å². The Morgan fingerprint density at radius 2 is 1.57 bits per heavy atom. The Hall–Kier alpha value is -2.70. The predicted molar refractivity (Wildman–Crippen MR) is 127 cm³/mol. The second-order valence-electron chi connectivity index (χ2n) is 7.33. The second kappa shape index (κ2) is 8.20. The van der Waals surface area contributed by atoms with Crippen molar-refractivity contribution < 1.29 is 4.79 Å². The molecular weight excluding hydrogens is 458 g/mol. The summed E-state index contributed by atoms with van der Waals surface area (Å²) in [6.45, 7) is 3.02. The third-order valence-corrected chi connectivity index (χ3v) is 6.99. The van der Waals surface area contributed by atoms with Crippen molar-refractivity contribution in [2.45, 2.75) is 0 Å². The first-order valence-corrected chi connectivity index (χ1v) is 11.5. The minimum atomic E-state index is 0.0995. The molecule has 0 N–H and O–H groups in total. The Morgan fingerprint density at radius 3 is 2.30 bits per heavy atom. The summed E-state index contributed by atoms with van der Waals surface area (Å²) in [4.78, 5) is 21.9. The molecular formula is C24H20BrN3OS. The van der Waals surface area contributed by atoms with Crippen molar-refractivity contribution in [1.82, 2.24) is 9.88 Å². The highest BCUT2D eigenvalue weighted by molar-refractivity contribution is 9.10. The number of carbonyl (C=O) groups is 1. The number of anilines is 1. The Bertz CT molecular complexity index is 1180. The molecule has 2 heterocycles. The van der Waals surface area contributed by atoms with Gasteiger partial charge >= 0.3 is 0 Å². The number of amides is 1. The summed E-state index contributed by atoms with van der Waals surface area (Å²) >= 11 is 5.23. The van der Waals surface area contributed by atoms with Crippen molar-refractivity contribution in [3.05, 3.63) is 82.8 Å². The molecule has 150 valence electrons. The molecule has 0 unspecified atom stereocenters.